The average Bonchev–Trinajstić information content (AvgIpc) is 2.16. The van der Waals surface area contributed by atoms with Crippen molar-refractivity contribution in [3.05, 3.63) is 29.3 Å². The average molecular weight is 205 g/mol. The van der Waals surface area contributed by atoms with E-state index in [0.29, 0.717) is 17.2 Å². The van der Waals surface area contributed by atoms with Crippen molar-refractivity contribution in [2.45, 2.75) is 26.7 Å². The first-order valence-electron chi connectivity index (χ1n) is 4.91. The highest BCUT2D eigenvalue weighted by Crippen LogP contribution is 2.21. The predicted octanol–water partition coefficient (Wildman–Crippen LogP) is 2.58. The topological polar surface area (TPSA) is 46.2 Å². The number of amides is 1. The molecule has 0 unspecified atom stereocenters. The van der Waals surface area contributed by atoms with Gasteiger partial charge in [0.15, 0.2) is 6.29 Å². The molecule has 1 aromatic carbocycles. The van der Waals surface area contributed by atoms with Gasteiger partial charge in [0.2, 0.25) is 5.91 Å². The molecule has 15 heavy (non-hydrogen) atoms. The molecule has 80 valence electrons. The number of anilines is 1. The molecule has 0 saturated carbocycles. The van der Waals surface area contributed by atoms with Crippen LogP contribution in [0.4, 0.5) is 5.69 Å². The van der Waals surface area contributed by atoms with Crippen LogP contribution in [0.25, 0.3) is 0 Å². The molecule has 0 saturated heterocycles. The molecule has 0 radical (unpaired) electrons. The van der Waals surface area contributed by atoms with Gasteiger partial charge in [-0.05, 0) is 23.6 Å². The van der Waals surface area contributed by atoms with Crippen LogP contribution in [0.5, 0.6) is 0 Å². The van der Waals surface area contributed by atoms with Crippen molar-refractivity contribution in [1.82, 2.24) is 0 Å². The van der Waals surface area contributed by atoms with Gasteiger partial charge in [0.25, 0.3) is 0 Å². The predicted molar refractivity (Wildman–Crippen MR) is 60.2 cm³/mol. The minimum atomic E-state index is -0.168. The summed E-state index contributed by atoms with van der Waals surface area (Å²) in [5.41, 5.74) is 2.20. The summed E-state index contributed by atoms with van der Waals surface area (Å²) in [7, 11) is 0. The Morgan fingerprint density at radius 1 is 1.40 bits per heavy atom. The van der Waals surface area contributed by atoms with E-state index >= 15 is 0 Å². The minimum Gasteiger partial charge on any atom is -0.326 e. The molecule has 0 atom stereocenters. The van der Waals surface area contributed by atoms with Gasteiger partial charge in [-0.15, -0.1) is 0 Å². The molecule has 3 nitrogen and oxygen atoms in total. The fourth-order valence-electron chi connectivity index (χ4n) is 1.33. The fraction of sp³-hybridized carbons (Fsp3) is 0.333. The van der Waals surface area contributed by atoms with E-state index in [1.165, 1.54) is 6.92 Å². The van der Waals surface area contributed by atoms with Crippen molar-refractivity contribution in [2.24, 2.45) is 0 Å². The SMILES string of the molecule is CC(=O)Nc1cc(C(C)C)ccc1C=O. The smallest absolute Gasteiger partial charge is 0.221 e. The van der Waals surface area contributed by atoms with Crippen LogP contribution >= 0.6 is 0 Å². The molecule has 0 heterocycles. The van der Waals surface area contributed by atoms with E-state index in [-0.39, 0.29) is 5.91 Å². The summed E-state index contributed by atoms with van der Waals surface area (Å²) in [6.45, 7) is 5.55. The van der Waals surface area contributed by atoms with E-state index in [9.17, 15) is 9.59 Å². The number of hydrogen-bond acceptors (Lipinski definition) is 2. The molecule has 1 rings (SSSR count). The number of benzene rings is 1. The summed E-state index contributed by atoms with van der Waals surface area (Å²) in [5.74, 6) is 0.206. The van der Waals surface area contributed by atoms with Crippen LogP contribution in [0.1, 0.15) is 42.6 Å². The lowest BCUT2D eigenvalue weighted by molar-refractivity contribution is -0.114. The van der Waals surface area contributed by atoms with Gasteiger partial charge in [-0.1, -0.05) is 19.9 Å². The van der Waals surface area contributed by atoms with E-state index in [4.69, 9.17) is 0 Å². The Bertz CT molecular complexity index is 383. The van der Waals surface area contributed by atoms with Crippen molar-refractivity contribution >= 4 is 17.9 Å². The first-order valence-corrected chi connectivity index (χ1v) is 4.91. The van der Waals surface area contributed by atoms with E-state index in [2.05, 4.69) is 19.2 Å². The van der Waals surface area contributed by atoms with Crippen molar-refractivity contribution in [1.29, 1.82) is 0 Å². The Kier molecular flexibility index (Phi) is 3.61. The summed E-state index contributed by atoms with van der Waals surface area (Å²) in [6, 6.07) is 5.48. The van der Waals surface area contributed by atoms with Gasteiger partial charge >= 0.3 is 0 Å². The molecular formula is C12H15NO2. The second kappa shape index (κ2) is 4.73. The monoisotopic (exact) mass is 205 g/mol. The Morgan fingerprint density at radius 3 is 2.53 bits per heavy atom. The number of aldehydes is 1. The maximum Gasteiger partial charge on any atom is 0.221 e. The van der Waals surface area contributed by atoms with Crippen LogP contribution in [0, 0.1) is 0 Å². The Balaban J connectivity index is 3.12. The molecule has 0 spiro atoms. The van der Waals surface area contributed by atoms with Gasteiger partial charge in [-0.2, -0.15) is 0 Å². The van der Waals surface area contributed by atoms with Gasteiger partial charge in [0, 0.05) is 12.5 Å². The third kappa shape index (κ3) is 2.91. The Morgan fingerprint density at radius 2 is 2.07 bits per heavy atom. The second-order valence-corrected chi connectivity index (χ2v) is 3.80. The lowest BCUT2D eigenvalue weighted by Crippen LogP contribution is -2.08. The van der Waals surface area contributed by atoms with Crippen LogP contribution in [-0.2, 0) is 4.79 Å². The molecule has 0 aliphatic rings. The number of carbonyl (C=O) groups excluding carboxylic acids is 2. The lowest BCUT2D eigenvalue weighted by Gasteiger charge is -2.10. The Labute approximate surface area is 89.5 Å². The van der Waals surface area contributed by atoms with Gasteiger partial charge in [0.05, 0.1) is 5.69 Å². The van der Waals surface area contributed by atoms with E-state index < -0.39 is 0 Å². The van der Waals surface area contributed by atoms with Crippen molar-refractivity contribution in [3.63, 3.8) is 0 Å². The third-order valence-corrected chi connectivity index (χ3v) is 2.18. The first kappa shape index (κ1) is 11.4. The number of nitrogens with one attached hydrogen (secondary N) is 1. The summed E-state index contributed by atoms with van der Waals surface area (Å²) in [6.07, 6.45) is 0.745. The van der Waals surface area contributed by atoms with Crippen LogP contribution < -0.4 is 5.32 Å². The number of carbonyl (C=O) groups is 2. The molecule has 0 aromatic heterocycles. The van der Waals surface area contributed by atoms with Gasteiger partial charge < -0.3 is 5.32 Å². The molecule has 0 aliphatic heterocycles. The molecule has 0 bridgehead atoms. The van der Waals surface area contributed by atoms with Crippen molar-refractivity contribution in [2.75, 3.05) is 5.32 Å². The molecule has 0 aliphatic carbocycles. The van der Waals surface area contributed by atoms with Crippen LogP contribution in [-0.4, -0.2) is 12.2 Å². The van der Waals surface area contributed by atoms with E-state index in [1.807, 2.05) is 12.1 Å². The molecule has 3 heteroatoms. The quantitative estimate of drug-likeness (QED) is 0.771. The van der Waals surface area contributed by atoms with Crippen LogP contribution in [0.15, 0.2) is 18.2 Å². The summed E-state index contributed by atoms with van der Waals surface area (Å²) >= 11 is 0. The molecule has 1 N–H and O–H groups in total. The van der Waals surface area contributed by atoms with Crippen molar-refractivity contribution < 1.29 is 9.59 Å². The lowest BCUT2D eigenvalue weighted by atomic mass is 10.0. The van der Waals surface area contributed by atoms with Gasteiger partial charge in [-0.25, -0.2) is 0 Å². The summed E-state index contributed by atoms with van der Waals surface area (Å²) < 4.78 is 0. The van der Waals surface area contributed by atoms with Crippen LogP contribution in [0.3, 0.4) is 0 Å². The zero-order valence-corrected chi connectivity index (χ0v) is 9.20. The van der Waals surface area contributed by atoms with Gasteiger partial charge in [0.1, 0.15) is 0 Å². The highest BCUT2D eigenvalue weighted by Gasteiger charge is 2.06. The number of rotatable bonds is 3. The van der Waals surface area contributed by atoms with Gasteiger partial charge in [-0.3, -0.25) is 9.59 Å². The fourth-order valence-corrected chi connectivity index (χ4v) is 1.33. The standard InChI is InChI=1S/C12H15NO2/c1-8(2)10-4-5-11(7-14)12(6-10)13-9(3)15/h4-8H,1-3H3,(H,13,15). The Hall–Kier alpha value is -1.64. The second-order valence-electron chi connectivity index (χ2n) is 3.80. The zero-order valence-electron chi connectivity index (χ0n) is 9.20. The largest absolute Gasteiger partial charge is 0.326 e. The number of hydrogen-bond donors (Lipinski definition) is 1. The maximum atomic E-state index is 10.9. The summed E-state index contributed by atoms with van der Waals surface area (Å²) in [4.78, 5) is 21.7. The highest BCUT2D eigenvalue weighted by atomic mass is 16.1. The molecule has 1 aromatic rings. The minimum absolute atomic E-state index is 0.168. The van der Waals surface area contributed by atoms with E-state index in [1.54, 1.807) is 6.07 Å². The van der Waals surface area contributed by atoms with E-state index in [0.717, 1.165) is 11.8 Å². The first-order chi connectivity index (χ1) is 7.04. The van der Waals surface area contributed by atoms with Crippen LogP contribution in [0.2, 0.25) is 0 Å². The zero-order chi connectivity index (χ0) is 11.4. The molecular weight excluding hydrogens is 190 g/mol. The van der Waals surface area contributed by atoms with Crippen molar-refractivity contribution in [3.8, 4) is 0 Å². The molecule has 0 fully saturated rings. The normalized spacial score (nSPS) is 10.1. The molecule has 1 amide bonds. The maximum absolute atomic E-state index is 10.9. The third-order valence-electron chi connectivity index (χ3n) is 2.18. The highest BCUT2D eigenvalue weighted by molar-refractivity contribution is 5.95. The summed E-state index contributed by atoms with van der Waals surface area (Å²) in [5, 5.41) is 2.65.